The van der Waals surface area contributed by atoms with Gasteiger partial charge in [-0.2, -0.15) is 0 Å². The molecule has 1 fully saturated rings. The van der Waals surface area contributed by atoms with Crippen LogP contribution >= 0.6 is 0 Å². The number of hydrogen-bond acceptors (Lipinski definition) is 5. The lowest BCUT2D eigenvalue weighted by atomic mass is 9.81. The molecular weight excluding hydrogens is 320 g/mol. The second-order valence-electron chi connectivity index (χ2n) is 7.35. The molecule has 7 heteroatoms. The topological polar surface area (TPSA) is 56.3 Å². The second-order valence-corrected chi connectivity index (χ2v) is 7.35. The Labute approximate surface area is 148 Å². The molecule has 1 N–H and O–H groups in total. The van der Waals surface area contributed by atoms with Gasteiger partial charge in [0.05, 0.1) is 17.2 Å². The normalized spacial score (nSPS) is 19.7. The van der Waals surface area contributed by atoms with Crippen molar-refractivity contribution in [3.8, 4) is 0 Å². The molecule has 5 nitrogen and oxygen atoms in total. The number of benzene rings is 1. The van der Waals surface area contributed by atoms with Crippen molar-refractivity contribution in [2.24, 2.45) is 0 Å². The molecule has 1 aliphatic rings. The number of halogens is 1. The highest BCUT2D eigenvalue weighted by molar-refractivity contribution is 6.61. The van der Waals surface area contributed by atoms with Crippen LogP contribution in [0, 0.1) is 5.82 Å². The number of aromatic nitrogens is 2. The fourth-order valence-electron chi connectivity index (χ4n) is 2.54. The first-order valence-electron chi connectivity index (χ1n) is 8.37. The maximum absolute atomic E-state index is 13.0. The van der Waals surface area contributed by atoms with Gasteiger partial charge in [0.25, 0.3) is 0 Å². The fraction of sp³-hybridized carbons (Fsp3) is 0.444. The van der Waals surface area contributed by atoms with Crippen molar-refractivity contribution in [1.29, 1.82) is 0 Å². The number of hydrogen-bond donors (Lipinski definition) is 1. The van der Waals surface area contributed by atoms with Gasteiger partial charge in [0.1, 0.15) is 5.82 Å². The number of nitrogens with zero attached hydrogens (tertiary/aromatic N) is 2. The van der Waals surface area contributed by atoms with Crippen LogP contribution in [0.5, 0.6) is 0 Å². The monoisotopic (exact) mass is 343 g/mol. The average Bonchev–Trinajstić information content (AvgIpc) is 2.76. The Morgan fingerprint density at radius 3 is 2.04 bits per heavy atom. The summed E-state index contributed by atoms with van der Waals surface area (Å²) in [5, 5.41) is 3.20. The molecule has 1 aromatic heterocycles. The fourth-order valence-corrected chi connectivity index (χ4v) is 2.54. The van der Waals surface area contributed by atoms with Crippen molar-refractivity contribution in [3.63, 3.8) is 0 Å². The first-order valence-corrected chi connectivity index (χ1v) is 8.37. The summed E-state index contributed by atoms with van der Waals surface area (Å²) in [6.45, 7) is 10.0. The molecule has 0 bridgehead atoms. The van der Waals surface area contributed by atoms with Crippen LogP contribution < -0.4 is 10.8 Å². The van der Waals surface area contributed by atoms with Crippen LogP contribution in [0.2, 0.25) is 0 Å². The first kappa shape index (κ1) is 17.8. The summed E-state index contributed by atoms with van der Waals surface area (Å²) < 4.78 is 25.0. The van der Waals surface area contributed by atoms with Gasteiger partial charge >= 0.3 is 7.12 Å². The van der Waals surface area contributed by atoms with Crippen molar-refractivity contribution in [1.82, 2.24) is 9.97 Å². The molecule has 1 aliphatic heterocycles. The van der Waals surface area contributed by atoms with Crippen LogP contribution in [0.15, 0.2) is 36.7 Å². The minimum Gasteiger partial charge on any atom is -0.399 e. The van der Waals surface area contributed by atoms with E-state index < -0.39 is 18.3 Å². The Morgan fingerprint density at radius 1 is 1.00 bits per heavy atom. The summed E-state index contributed by atoms with van der Waals surface area (Å²) in [6, 6.07) is 6.33. The van der Waals surface area contributed by atoms with Crippen molar-refractivity contribution >= 4 is 18.5 Å². The zero-order chi connectivity index (χ0) is 18.2. The summed E-state index contributed by atoms with van der Waals surface area (Å²) in [4.78, 5) is 8.69. The van der Waals surface area contributed by atoms with Gasteiger partial charge in [-0.25, -0.2) is 14.4 Å². The van der Waals surface area contributed by atoms with Gasteiger partial charge in [0, 0.05) is 17.9 Å². The van der Waals surface area contributed by atoms with Gasteiger partial charge in [-0.1, -0.05) is 12.1 Å². The number of anilines is 1. The van der Waals surface area contributed by atoms with Gasteiger partial charge < -0.3 is 14.6 Å². The van der Waals surface area contributed by atoms with Gasteiger partial charge in [-0.3, -0.25) is 0 Å². The van der Waals surface area contributed by atoms with Crippen molar-refractivity contribution in [2.45, 2.75) is 51.9 Å². The van der Waals surface area contributed by atoms with E-state index in [2.05, 4.69) is 15.3 Å². The molecule has 1 saturated heterocycles. The first-order chi connectivity index (χ1) is 11.7. The minimum absolute atomic E-state index is 0.0386. The largest absolute Gasteiger partial charge is 0.498 e. The van der Waals surface area contributed by atoms with Crippen LogP contribution in [0.25, 0.3) is 0 Å². The summed E-state index contributed by atoms with van der Waals surface area (Å²) >= 11 is 0. The Kier molecular flexibility index (Phi) is 4.55. The van der Waals surface area contributed by atoms with E-state index in [4.69, 9.17) is 9.31 Å². The average molecular weight is 343 g/mol. The van der Waals surface area contributed by atoms with Crippen LogP contribution in [0.4, 0.5) is 10.3 Å². The Morgan fingerprint density at radius 2 is 1.52 bits per heavy atom. The van der Waals surface area contributed by atoms with Crippen LogP contribution in [0.1, 0.15) is 46.2 Å². The van der Waals surface area contributed by atoms with E-state index in [-0.39, 0.29) is 11.9 Å². The van der Waals surface area contributed by atoms with E-state index in [1.165, 1.54) is 12.1 Å². The smallest absolute Gasteiger partial charge is 0.399 e. The van der Waals surface area contributed by atoms with Gasteiger partial charge in [-0.15, -0.1) is 0 Å². The number of rotatable bonds is 4. The third kappa shape index (κ3) is 3.67. The summed E-state index contributed by atoms with van der Waals surface area (Å²) in [6.07, 6.45) is 3.41. The Balaban J connectivity index is 1.68. The van der Waals surface area contributed by atoms with Crippen molar-refractivity contribution in [3.05, 3.63) is 48.0 Å². The Hall–Kier alpha value is -1.99. The molecule has 1 aromatic carbocycles. The third-order valence-corrected chi connectivity index (χ3v) is 4.91. The minimum atomic E-state index is -0.478. The van der Waals surface area contributed by atoms with E-state index >= 15 is 0 Å². The van der Waals surface area contributed by atoms with Gasteiger partial charge in [0.2, 0.25) is 5.95 Å². The zero-order valence-corrected chi connectivity index (χ0v) is 15.2. The molecule has 25 heavy (non-hydrogen) atoms. The highest BCUT2D eigenvalue weighted by atomic mass is 19.1. The molecule has 1 atom stereocenters. The molecule has 2 aromatic rings. The molecule has 0 unspecified atom stereocenters. The van der Waals surface area contributed by atoms with Crippen LogP contribution in [-0.2, 0) is 9.31 Å². The second kappa shape index (κ2) is 6.39. The summed E-state index contributed by atoms with van der Waals surface area (Å²) in [5.74, 6) is 0.246. The zero-order valence-electron chi connectivity index (χ0n) is 15.2. The molecule has 2 heterocycles. The lowest BCUT2D eigenvalue weighted by molar-refractivity contribution is 0.00578. The molecule has 132 valence electrons. The quantitative estimate of drug-likeness (QED) is 0.865. The molecule has 0 saturated carbocycles. The van der Waals surface area contributed by atoms with Crippen molar-refractivity contribution < 1.29 is 13.7 Å². The molecule has 0 spiro atoms. The van der Waals surface area contributed by atoms with Crippen molar-refractivity contribution in [2.75, 3.05) is 5.32 Å². The Bertz CT molecular complexity index is 719. The standard InChI is InChI=1S/C18H23BFN3O2/c1-12(13-6-8-15(20)9-7-13)23-16-21-10-14(11-22-16)19-24-17(2,3)18(4,5)25-19/h6-12H,1-5H3,(H,21,22,23)/t12-/m0/s1. The molecule has 0 aliphatic carbocycles. The van der Waals surface area contributed by atoms with Gasteiger partial charge in [0.15, 0.2) is 0 Å². The summed E-state index contributed by atoms with van der Waals surface area (Å²) in [5.41, 5.74) is 0.941. The molecule has 0 radical (unpaired) electrons. The predicted molar refractivity (Wildman–Crippen MR) is 96.2 cm³/mol. The SMILES string of the molecule is C[C@H](Nc1ncc(B2OC(C)(C)C(C)(C)O2)cn1)c1ccc(F)cc1. The lowest BCUT2D eigenvalue weighted by Crippen LogP contribution is -2.41. The van der Waals surface area contributed by atoms with Crippen LogP contribution in [0.3, 0.4) is 0 Å². The van der Waals surface area contributed by atoms with E-state index in [1.807, 2.05) is 34.6 Å². The van der Waals surface area contributed by atoms with Gasteiger partial charge in [-0.05, 0) is 52.3 Å². The highest BCUT2D eigenvalue weighted by Crippen LogP contribution is 2.36. The summed E-state index contributed by atoms with van der Waals surface area (Å²) in [7, 11) is -0.478. The maximum Gasteiger partial charge on any atom is 0.498 e. The number of nitrogens with one attached hydrogen (secondary N) is 1. The van der Waals surface area contributed by atoms with E-state index in [9.17, 15) is 4.39 Å². The molecule has 3 rings (SSSR count). The highest BCUT2D eigenvalue weighted by Gasteiger charge is 2.51. The predicted octanol–water partition coefficient (Wildman–Crippen LogP) is 3.09. The van der Waals surface area contributed by atoms with E-state index in [1.54, 1.807) is 24.5 Å². The van der Waals surface area contributed by atoms with E-state index in [0.29, 0.717) is 5.95 Å². The maximum atomic E-state index is 13.0. The lowest BCUT2D eigenvalue weighted by Gasteiger charge is -2.32. The molecule has 0 amide bonds. The van der Waals surface area contributed by atoms with E-state index in [0.717, 1.165) is 11.0 Å². The molecular formula is C18H23BFN3O2. The van der Waals surface area contributed by atoms with Crippen LogP contribution in [-0.4, -0.2) is 28.3 Å². The third-order valence-electron chi connectivity index (χ3n) is 4.91.